The van der Waals surface area contributed by atoms with E-state index >= 15 is 0 Å². The van der Waals surface area contributed by atoms with E-state index < -0.39 is 5.79 Å². The lowest BCUT2D eigenvalue weighted by Gasteiger charge is -2.37. The summed E-state index contributed by atoms with van der Waals surface area (Å²) < 4.78 is 29.9. The highest BCUT2D eigenvalue weighted by atomic mass is 16.7. The number of nitrogens with zero attached hydrogens (tertiary/aromatic N) is 5. The molecule has 2 aliphatic rings. The lowest BCUT2D eigenvalue weighted by atomic mass is 10.0. The maximum absolute atomic E-state index is 5.88. The van der Waals surface area contributed by atoms with Gasteiger partial charge in [-0.25, -0.2) is 9.97 Å². The summed E-state index contributed by atoms with van der Waals surface area (Å²) in [5.41, 5.74) is 2.75. The highest BCUT2D eigenvalue weighted by molar-refractivity contribution is 5.58. The smallest absolute Gasteiger partial charge is 0.226 e. The minimum Gasteiger partial charge on any atom is -0.493 e. The monoisotopic (exact) mass is 506 g/mol. The van der Waals surface area contributed by atoms with Crippen molar-refractivity contribution in [1.29, 1.82) is 0 Å². The summed E-state index contributed by atoms with van der Waals surface area (Å²) in [4.78, 5) is 11.9. The highest BCUT2D eigenvalue weighted by Gasteiger charge is 2.39. The van der Waals surface area contributed by atoms with E-state index in [-0.39, 0.29) is 0 Å². The lowest BCUT2D eigenvalue weighted by Crippen LogP contribution is -2.44. The number of hydrogen-bond acceptors (Lipinski definition) is 10. The Hall–Kier alpha value is -3.67. The zero-order valence-electron chi connectivity index (χ0n) is 21.0. The number of anilines is 1. The Morgan fingerprint density at radius 2 is 1.86 bits per heavy atom. The SMILES string of the molecule is COc1ccc(CNc2ncc(CN3CCC4(CC3)OCCO4)c3nc(-c4ccco4)nn23)cc1OC. The fourth-order valence-corrected chi connectivity index (χ4v) is 4.91. The molecule has 5 heterocycles. The Kier molecular flexibility index (Phi) is 6.41. The van der Waals surface area contributed by atoms with Crippen LogP contribution >= 0.6 is 0 Å². The summed E-state index contributed by atoms with van der Waals surface area (Å²) in [5, 5.41) is 8.11. The van der Waals surface area contributed by atoms with Crippen LogP contribution in [0, 0.1) is 0 Å². The average molecular weight is 507 g/mol. The molecule has 11 nitrogen and oxygen atoms in total. The molecule has 0 unspecified atom stereocenters. The van der Waals surface area contributed by atoms with Crippen molar-refractivity contribution < 1.29 is 23.4 Å². The second kappa shape index (κ2) is 10.0. The summed E-state index contributed by atoms with van der Waals surface area (Å²) in [6.45, 7) is 4.34. The number of rotatable bonds is 8. The number of methoxy groups -OCH3 is 2. The molecule has 11 heteroatoms. The van der Waals surface area contributed by atoms with Gasteiger partial charge in [0.25, 0.3) is 0 Å². The summed E-state index contributed by atoms with van der Waals surface area (Å²) in [6, 6.07) is 9.48. The van der Waals surface area contributed by atoms with Gasteiger partial charge in [0.2, 0.25) is 11.8 Å². The summed E-state index contributed by atoms with van der Waals surface area (Å²) in [7, 11) is 3.25. The predicted molar refractivity (Wildman–Crippen MR) is 135 cm³/mol. The first-order valence-corrected chi connectivity index (χ1v) is 12.4. The number of piperidine rings is 1. The molecule has 37 heavy (non-hydrogen) atoms. The second-order valence-electron chi connectivity index (χ2n) is 9.18. The van der Waals surface area contributed by atoms with Gasteiger partial charge in [-0.05, 0) is 29.8 Å². The van der Waals surface area contributed by atoms with E-state index in [9.17, 15) is 0 Å². The van der Waals surface area contributed by atoms with Crippen molar-refractivity contribution in [3.8, 4) is 23.1 Å². The van der Waals surface area contributed by atoms with Gasteiger partial charge in [0.1, 0.15) is 0 Å². The topological polar surface area (TPSA) is 108 Å². The van der Waals surface area contributed by atoms with E-state index in [1.54, 1.807) is 25.0 Å². The molecular formula is C26H30N6O5. The third-order valence-electron chi connectivity index (χ3n) is 6.90. The maximum Gasteiger partial charge on any atom is 0.226 e. The Labute approximate surface area is 214 Å². The zero-order valence-corrected chi connectivity index (χ0v) is 21.0. The Balaban J connectivity index is 1.25. The van der Waals surface area contributed by atoms with Crippen molar-refractivity contribution in [1.82, 2.24) is 24.5 Å². The van der Waals surface area contributed by atoms with Crippen molar-refractivity contribution in [3.05, 3.63) is 53.9 Å². The van der Waals surface area contributed by atoms with Gasteiger partial charge in [-0.3, -0.25) is 4.90 Å². The van der Waals surface area contributed by atoms with Crippen molar-refractivity contribution in [2.45, 2.75) is 31.7 Å². The highest BCUT2D eigenvalue weighted by Crippen LogP contribution is 2.32. The molecule has 0 aliphatic carbocycles. The molecule has 2 saturated heterocycles. The van der Waals surface area contributed by atoms with Crippen LogP contribution in [0.4, 0.5) is 5.95 Å². The first kappa shape index (κ1) is 23.7. The summed E-state index contributed by atoms with van der Waals surface area (Å²) in [5.74, 6) is 2.67. The average Bonchev–Trinajstić information content (AvgIpc) is 3.71. The fourth-order valence-electron chi connectivity index (χ4n) is 4.91. The molecule has 1 aromatic carbocycles. The molecule has 194 valence electrons. The first-order valence-electron chi connectivity index (χ1n) is 12.4. The van der Waals surface area contributed by atoms with Crippen LogP contribution in [0.3, 0.4) is 0 Å². The van der Waals surface area contributed by atoms with E-state index in [0.717, 1.165) is 42.7 Å². The molecule has 1 N–H and O–H groups in total. The number of benzene rings is 1. The number of ether oxygens (including phenoxy) is 4. The van der Waals surface area contributed by atoms with Crippen LogP contribution in [0.5, 0.6) is 11.5 Å². The third-order valence-corrected chi connectivity index (χ3v) is 6.90. The number of fused-ring (bicyclic) bond motifs is 1. The number of hydrogen-bond donors (Lipinski definition) is 1. The van der Waals surface area contributed by atoms with Crippen LogP contribution in [0.15, 0.2) is 47.2 Å². The van der Waals surface area contributed by atoms with Crippen LogP contribution in [0.1, 0.15) is 24.0 Å². The van der Waals surface area contributed by atoms with Crippen molar-refractivity contribution in [3.63, 3.8) is 0 Å². The largest absolute Gasteiger partial charge is 0.493 e. The van der Waals surface area contributed by atoms with Crippen LogP contribution in [0.2, 0.25) is 0 Å². The molecule has 6 rings (SSSR count). The zero-order chi connectivity index (χ0) is 25.2. The minimum atomic E-state index is -0.399. The Bertz CT molecular complexity index is 1360. The van der Waals surface area contributed by atoms with Crippen LogP contribution in [-0.2, 0) is 22.6 Å². The molecule has 0 atom stereocenters. The van der Waals surface area contributed by atoms with Gasteiger partial charge in [0.05, 0.1) is 33.7 Å². The molecule has 4 aromatic rings. The Morgan fingerprint density at radius 1 is 1.05 bits per heavy atom. The van der Waals surface area contributed by atoms with Gasteiger partial charge in [-0.1, -0.05) is 6.07 Å². The lowest BCUT2D eigenvalue weighted by molar-refractivity contribution is -0.185. The molecule has 2 aliphatic heterocycles. The van der Waals surface area contributed by atoms with E-state index in [1.807, 2.05) is 36.5 Å². The van der Waals surface area contributed by atoms with Gasteiger partial charge >= 0.3 is 0 Å². The van der Waals surface area contributed by atoms with Crippen LogP contribution in [-0.4, -0.2) is 70.8 Å². The molecule has 2 fully saturated rings. The predicted octanol–water partition coefficient (Wildman–Crippen LogP) is 3.35. The van der Waals surface area contributed by atoms with Crippen molar-refractivity contribution in [2.24, 2.45) is 0 Å². The quantitative estimate of drug-likeness (QED) is 0.382. The van der Waals surface area contributed by atoms with E-state index in [1.165, 1.54) is 0 Å². The van der Waals surface area contributed by atoms with Crippen molar-refractivity contribution in [2.75, 3.05) is 45.8 Å². The number of likely N-dealkylation sites (tertiary alicyclic amines) is 1. The summed E-state index contributed by atoms with van der Waals surface area (Å²) >= 11 is 0. The van der Waals surface area contributed by atoms with Gasteiger partial charge in [0, 0.05) is 50.8 Å². The minimum absolute atomic E-state index is 0.399. The molecule has 1 spiro atoms. The number of furan rings is 1. The van der Waals surface area contributed by atoms with Gasteiger partial charge in [-0.15, -0.1) is 5.10 Å². The first-order chi connectivity index (χ1) is 18.2. The Morgan fingerprint density at radius 3 is 2.59 bits per heavy atom. The normalized spacial score (nSPS) is 17.5. The van der Waals surface area contributed by atoms with Crippen molar-refractivity contribution >= 4 is 11.6 Å². The van der Waals surface area contributed by atoms with Gasteiger partial charge in [0.15, 0.2) is 28.7 Å². The van der Waals surface area contributed by atoms with Gasteiger partial charge < -0.3 is 28.7 Å². The fraction of sp³-hybridized carbons (Fsp3) is 0.423. The molecular weight excluding hydrogens is 476 g/mol. The third kappa shape index (κ3) is 4.73. The van der Waals surface area contributed by atoms with Gasteiger partial charge in [-0.2, -0.15) is 4.52 Å². The maximum atomic E-state index is 5.88. The van der Waals surface area contributed by atoms with E-state index in [0.29, 0.717) is 55.3 Å². The molecule has 0 saturated carbocycles. The number of nitrogens with one attached hydrogen (secondary N) is 1. The van der Waals surface area contributed by atoms with E-state index in [4.69, 9.17) is 38.4 Å². The standard InChI is InChI=1S/C26H30N6O5/c1-33-20-6-5-18(14-22(20)34-2)15-27-25-28-16-19(17-31-9-7-26(8-10-31)36-12-13-37-26)24-29-23(30-32(24)25)21-4-3-11-35-21/h3-6,11,14,16H,7-10,12-13,15,17H2,1-2H3,(H,27,28). The molecule has 3 aromatic heterocycles. The van der Waals surface area contributed by atoms with E-state index in [2.05, 4.69) is 10.2 Å². The number of aromatic nitrogens is 4. The molecule has 0 amide bonds. The second-order valence-corrected chi connectivity index (χ2v) is 9.18. The molecule has 0 bridgehead atoms. The van der Waals surface area contributed by atoms with Crippen LogP contribution < -0.4 is 14.8 Å². The summed E-state index contributed by atoms with van der Waals surface area (Å²) in [6.07, 6.45) is 5.20. The van der Waals surface area contributed by atoms with Crippen LogP contribution in [0.25, 0.3) is 17.2 Å². The molecule has 0 radical (unpaired) electrons.